The summed E-state index contributed by atoms with van der Waals surface area (Å²) >= 11 is 0. The maximum atomic E-state index is 2.65. The lowest BCUT2D eigenvalue weighted by molar-refractivity contribution is 1.24. The molecule has 2 aromatic rings. The molecule has 0 nitrogen and oxygen atoms in total. The van der Waals surface area contributed by atoms with E-state index in [-0.39, 0.29) is 0 Å². The molecule has 2 aliphatic carbocycles. The predicted octanol–water partition coefficient (Wildman–Crippen LogP) is 5.69. The second-order valence-electron chi connectivity index (χ2n) is 9.86. The molecule has 0 fully saturated rings. The number of hydrogen-bond acceptors (Lipinski definition) is 0. The van der Waals surface area contributed by atoms with Gasteiger partial charge in [-0.3, -0.25) is 0 Å². The van der Waals surface area contributed by atoms with Gasteiger partial charge in [-0.1, -0.05) is 98.2 Å². The van der Waals surface area contributed by atoms with Crippen molar-refractivity contribution < 1.29 is 0 Å². The third-order valence-electron chi connectivity index (χ3n) is 5.79. The van der Waals surface area contributed by atoms with Crippen LogP contribution in [0.25, 0.3) is 16.7 Å². The van der Waals surface area contributed by atoms with Gasteiger partial charge in [-0.15, -0.1) is 0 Å². The van der Waals surface area contributed by atoms with Crippen molar-refractivity contribution in [3.63, 3.8) is 0 Å². The second kappa shape index (κ2) is 5.93. The summed E-state index contributed by atoms with van der Waals surface area (Å²) in [6.45, 7) is 15.1. The Hall–Kier alpha value is -1.65. The van der Waals surface area contributed by atoms with Crippen molar-refractivity contribution in [1.82, 2.24) is 0 Å². The molecule has 0 amide bonds. The molecular formula is C24H30Si2. The zero-order valence-corrected chi connectivity index (χ0v) is 19.0. The number of benzene rings is 2. The monoisotopic (exact) mass is 374 g/mol. The Morgan fingerprint density at radius 1 is 0.808 bits per heavy atom. The van der Waals surface area contributed by atoms with E-state index in [1.54, 1.807) is 27.1 Å². The van der Waals surface area contributed by atoms with Gasteiger partial charge in [0, 0.05) is 0 Å². The van der Waals surface area contributed by atoms with Crippen LogP contribution in [0.15, 0.2) is 48.6 Å². The maximum absolute atomic E-state index is 2.65. The quantitative estimate of drug-likeness (QED) is 0.516. The zero-order valence-electron chi connectivity index (χ0n) is 17.0. The molecule has 0 N–H and O–H groups in total. The molecule has 4 rings (SSSR count). The Kier molecular flexibility index (Phi) is 4.05. The van der Waals surface area contributed by atoms with Crippen LogP contribution >= 0.6 is 0 Å². The first-order chi connectivity index (χ1) is 12.2. The minimum absolute atomic E-state index is 1.09. The Morgan fingerprint density at radius 3 is 2.08 bits per heavy atom. The molecule has 0 spiro atoms. The summed E-state index contributed by atoms with van der Waals surface area (Å²) in [5, 5.41) is 3.35. The molecule has 0 bridgehead atoms. The SMILES string of the molecule is C[Si](C)(C)c1cc([Si](C)(C)C)c2c(c1C1=CC=CC1)Cc1ccccc1-2. The van der Waals surface area contributed by atoms with E-state index in [0.29, 0.717) is 0 Å². The van der Waals surface area contributed by atoms with E-state index in [0.717, 1.165) is 12.8 Å². The third kappa shape index (κ3) is 2.80. The molecule has 2 heteroatoms. The van der Waals surface area contributed by atoms with Crippen molar-refractivity contribution in [3.8, 4) is 11.1 Å². The van der Waals surface area contributed by atoms with Gasteiger partial charge in [-0.25, -0.2) is 0 Å². The Morgan fingerprint density at radius 2 is 1.46 bits per heavy atom. The van der Waals surface area contributed by atoms with Gasteiger partial charge in [0.15, 0.2) is 0 Å². The second-order valence-corrected chi connectivity index (χ2v) is 19.9. The minimum atomic E-state index is -1.45. The fourth-order valence-corrected chi connectivity index (χ4v) is 7.91. The standard InChI is InChI=1S/C24H30Si2/c1-25(2,3)21-16-22(26(4,5)6)24-19-14-10-9-13-18(19)15-20(24)23(21)17-11-7-8-12-17/h7-11,13-14,16H,12,15H2,1-6H3. The molecule has 0 radical (unpaired) electrons. The summed E-state index contributed by atoms with van der Waals surface area (Å²) < 4.78 is 0. The number of allylic oxidation sites excluding steroid dienone is 4. The van der Waals surface area contributed by atoms with Crippen LogP contribution in [0, 0.1) is 0 Å². The molecule has 134 valence electrons. The molecule has 0 unspecified atom stereocenters. The van der Waals surface area contributed by atoms with Gasteiger partial charge in [0.25, 0.3) is 0 Å². The van der Waals surface area contributed by atoms with Crippen LogP contribution in [-0.4, -0.2) is 16.1 Å². The van der Waals surface area contributed by atoms with E-state index < -0.39 is 16.1 Å². The lowest BCUT2D eigenvalue weighted by Crippen LogP contribution is -2.48. The van der Waals surface area contributed by atoms with Gasteiger partial charge >= 0.3 is 0 Å². The van der Waals surface area contributed by atoms with Gasteiger partial charge in [-0.05, 0) is 46.2 Å². The van der Waals surface area contributed by atoms with Crippen LogP contribution in [0.4, 0.5) is 0 Å². The highest BCUT2D eigenvalue weighted by Crippen LogP contribution is 2.41. The number of fused-ring (bicyclic) bond motifs is 3. The molecule has 0 aromatic heterocycles. The van der Waals surface area contributed by atoms with Crippen molar-refractivity contribution in [2.45, 2.75) is 52.1 Å². The van der Waals surface area contributed by atoms with E-state index in [9.17, 15) is 0 Å². The topological polar surface area (TPSA) is 0 Å². The predicted molar refractivity (Wildman–Crippen MR) is 122 cm³/mol. The molecule has 26 heavy (non-hydrogen) atoms. The molecular weight excluding hydrogens is 344 g/mol. The molecule has 0 aliphatic heterocycles. The van der Waals surface area contributed by atoms with Crippen LogP contribution in [0.2, 0.25) is 39.3 Å². The lowest BCUT2D eigenvalue weighted by Gasteiger charge is -2.30. The summed E-state index contributed by atoms with van der Waals surface area (Å²) in [6.07, 6.45) is 9.10. The third-order valence-corrected chi connectivity index (χ3v) is 9.81. The van der Waals surface area contributed by atoms with E-state index in [1.807, 2.05) is 0 Å². The summed E-state index contributed by atoms with van der Waals surface area (Å²) in [5.74, 6) is 0. The molecule has 0 saturated heterocycles. The van der Waals surface area contributed by atoms with Crippen molar-refractivity contribution >= 4 is 32.1 Å². The van der Waals surface area contributed by atoms with Crippen molar-refractivity contribution in [3.05, 3.63) is 65.3 Å². The fraction of sp³-hybridized carbons (Fsp3) is 0.333. The largest absolute Gasteiger partial charge is 0.0801 e. The Balaban J connectivity index is 2.11. The molecule has 0 saturated carbocycles. The van der Waals surface area contributed by atoms with Gasteiger partial charge < -0.3 is 0 Å². The summed E-state index contributed by atoms with van der Waals surface area (Å²) in [4.78, 5) is 0. The smallest absolute Gasteiger partial charge is 0.0784 e. The Bertz CT molecular complexity index is 947. The van der Waals surface area contributed by atoms with Crippen LogP contribution in [-0.2, 0) is 6.42 Å². The zero-order chi connectivity index (χ0) is 18.7. The number of rotatable bonds is 3. The van der Waals surface area contributed by atoms with Crippen molar-refractivity contribution in [2.24, 2.45) is 0 Å². The first kappa shape index (κ1) is 17.8. The highest BCUT2D eigenvalue weighted by atomic mass is 28.3. The maximum Gasteiger partial charge on any atom is 0.0784 e. The Labute approximate surface area is 160 Å². The molecule has 0 atom stereocenters. The average molecular weight is 375 g/mol. The molecule has 2 aromatic carbocycles. The summed E-state index contributed by atoms with van der Waals surface area (Å²) in [6, 6.07) is 11.7. The highest BCUT2D eigenvalue weighted by molar-refractivity contribution is 6.92. The van der Waals surface area contributed by atoms with Crippen LogP contribution < -0.4 is 10.4 Å². The van der Waals surface area contributed by atoms with Crippen molar-refractivity contribution in [2.75, 3.05) is 0 Å². The van der Waals surface area contributed by atoms with E-state index in [2.05, 4.69) is 87.8 Å². The summed E-state index contributed by atoms with van der Waals surface area (Å²) in [5.41, 5.74) is 9.36. The van der Waals surface area contributed by atoms with Crippen LogP contribution in [0.1, 0.15) is 23.1 Å². The van der Waals surface area contributed by atoms with Gasteiger partial charge in [0.1, 0.15) is 0 Å². The number of hydrogen-bond donors (Lipinski definition) is 0. The van der Waals surface area contributed by atoms with Gasteiger partial charge in [0.2, 0.25) is 0 Å². The lowest BCUT2D eigenvalue weighted by atomic mass is 9.94. The fourth-order valence-electron chi connectivity index (χ4n) is 4.51. The first-order valence-electron chi connectivity index (χ1n) is 9.83. The van der Waals surface area contributed by atoms with Gasteiger partial charge in [-0.2, -0.15) is 0 Å². The van der Waals surface area contributed by atoms with Gasteiger partial charge in [0.05, 0.1) is 16.1 Å². The van der Waals surface area contributed by atoms with Crippen molar-refractivity contribution in [1.29, 1.82) is 0 Å². The van der Waals surface area contributed by atoms with E-state index in [4.69, 9.17) is 0 Å². The van der Waals surface area contributed by atoms with E-state index in [1.165, 1.54) is 16.7 Å². The highest BCUT2D eigenvalue weighted by Gasteiger charge is 2.34. The van der Waals surface area contributed by atoms with Crippen LogP contribution in [0.3, 0.4) is 0 Å². The molecule has 2 aliphatic rings. The first-order valence-corrected chi connectivity index (χ1v) is 16.8. The molecule has 0 heterocycles. The summed E-state index contributed by atoms with van der Waals surface area (Å²) in [7, 11) is -2.89. The van der Waals surface area contributed by atoms with Crippen LogP contribution in [0.5, 0.6) is 0 Å². The van der Waals surface area contributed by atoms with E-state index >= 15 is 0 Å². The normalized spacial score (nSPS) is 15.8. The average Bonchev–Trinajstić information content (AvgIpc) is 3.19. The minimum Gasteiger partial charge on any atom is -0.0801 e.